The number of rotatable bonds is 2. The minimum absolute atomic E-state index is 0.203. The summed E-state index contributed by atoms with van der Waals surface area (Å²) in [5, 5.41) is 3.55. The van der Waals surface area contributed by atoms with Crippen molar-refractivity contribution in [3.63, 3.8) is 0 Å². The summed E-state index contributed by atoms with van der Waals surface area (Å²) in [6.45, 7) is 4.71. The maximum absolute atomic E-state index is 13.6. The summed E-state index contributed by atoms with van der Waals surface area (Å²) >= 11 is 3.29. The number of piperazine rings is 1. The van der Waals surface area contributed by atoms with Crippen LogP contribution in [-0.4, -0.2) is 19.6 Å². The third-order valence-electron chi connectivity index (χ3n) is 3.96. The van der Waals surface area contributed by atoms with E-state index in [0.717, 1.165) is 30.9 Å². The molecule has 4 heteroatoms. The molecule has 0 saturated carbocycles. The molecule has 1 saturated heterocycles. The first-order chi connectivity index (χ1) is 10.1. The van der Waals surface area contributed by atoms with Gasteiger partial charge in [-0.3, -0.25) is 0 Å². The lowest BCUT2D eigenvalue weighted by molar-refractivity contribution is 0.471. The normalized spacial score (nSPS) is 18.8. The smallest absolute Gasteiger partial charge is 0.137 e. The molecule has 0 bridgehead atoms. The second-order valence-electron chi connectivity index (χ2n) is 5.42. The van der Waals surface area contributed by atoms with E-state index in [-0.39, 0.29) is 5.82 Å². The molecule has 2 aromatic rings. The first kappa shape index (κ1) is 14.5. The molecule has 3 rings (SSSR count). The Bertz CT molecular complexity index is 630. The molecule has 2 aromatic carbocycles. The number of nitrogens with one attached hydrogen (secondary N) is 1. The zero-order chi connectivity index (χ0) is 14.8. The van der Waals surface area contributed by atoms with E-state index in [0.29, 0.717) is 10.5 Å². The topological polar surface area (TPSA) is 15.3 Å². The van der Waals surface area contributed by atoms with Crippen LogP contribution in [-0.2, 0) is 0 Å². The highest BCUT2D eigenvalue weighted by atomic mass is 79.9. The van der Waals surface area contributed by atoms with Gasteiger partial charge in [0.25, 0.3) is 0 Å². The summed E-state index contributed by atoms with van der Waals surface area (Å²) in [5.41, 5.74) is 3.37. The highest BCUT2D eigenvalue weighted by Gasteiger charge is 2.22. The van der Waals surface area contributed by atoms with Gasteiger partial charge in [-0.15, -0.1) is 0 Å². The van der Waals surface area contributed by atoms with Gasteiger partial charge in [-0.1, -0.05) is 30.3 Å². The van der Waals surface area contributed by atoms with Crippen molar-refractivity contribution in [1.82, 2.24) is 5.32 Å². The van der Waals surface area contributed by atoms with E-state index in [1.807, 2.05) is 19.1 Å². The molecule has 0 aliphatic carbocycles. The van der Waals surface area contributed by atoms with Gasteiger partial charge < -0.3 is 10.2 Å². The van der Waals surface area contributed by atoms with E-state index in [1.54, 1.807) is 6.07 Å². The molecule has 1 N–H and O–H groups in total. The lowest BCUT2D eigenvalue weighted by atomic mass is 10.0. The monoisotopic (exact) mass is 348 g/mol. The van der Waals surface area contributed by atoms with E-state index in [1.165, 1.54) is 5.56 Å². The fraction of sp³-hybridized carbons (Fsp3) is 0.294. The molecule has 0 radical (unpaired) electrons. The molecule has 0 spiro atoms. The Balaban J connectivity index is 1.85. The summed E-state index contributed by atoms with van der Waals surface area (Å²) < 4.78 is 14.1. The Kier molecular flexibility index (Phi) is 4.27. The quantitative estimate of drug-likeness (QED) is 0.880. The van der Waals surface area contributed by atoms with Crippen LogP contribution in [0.4, 0.5) is 10.1 Å². The third kappa shape index (κ3) is 3.11. The van der Waals surface area contributed by atoms with Crippen LogP contribution in [0.5, 0.6) is 0 Å². The predicted octanol–water partition coefficient (Wildman–Crippen LogP) is 4.05. The SMILES string of the molecule is Cc1cc(F)c(Br)cc1N1CCNC(c2ccccc2)C1. The van der Waals surface area contributed by atoms with E-state index in [9.17, 15) is 4.39 Å². The van der Waals surface area contributed by atoms with Crippen molar-refractivity contribution in [2.45, 2.75) is 13.0 Å². The highest BCUT2D eigenvalue weighted by Crippen LogP contribution is 2.29. The molecular weight excluding hydrogens is 331 g/mol. The van der Waals surface area contributed by atoms with Crippen molar-refractivity contribution >= 4 is 21.6 Å². The minimum Gasteiger partial charge on any atom is -0.368 e. The first-order valence-corrected chi connectivity index (χ1v) is 7.93. The van der Waals surface area contributed by atoms with Gasteiger partial charge in [0, 0.05) is 31.4 Å². The van der Waals surface area contributed by atoms with Gasteiger partial charge in [-0.05, 0) is 46.1 Å². The maximum Gasteiger partial charge on any atom is 0.137 e. The van der Waals surface area contributed by atoms with Crippen LogP contribution in [0.15, 0.2) is 46.9 Å². The molecule has 1 aliphatic rings. The van der Waals surface area contributed by atoms with Crippen molar-refractivity contribution in [1.29, 1.82) is 0 Å². The molecule has 1 atom stereocenters. The van der Waals surface area contributed by atoms with Crippen molar-refractivity contribution < 1.29 is 4.39 Å². The van der Waals surface area contributed by atoms with Crippen molar-refractivity contribution in [2.24, 2.45) is 0 Å². The van der Waals surface area contributed by atoms with E-state index in [2.05, 4.69) is 50.4 Å². The maximum atomic E-state index is 13.6. The zero-order valence-corrected chi connectivity index (χ0v) is 13.5. The molecule has 1 fully saturated rings. The summed E-state index contributed by atoms with van der Waals surface area (Å²) in [4.78, 5) is 2.33. The number of nitrogens with zero attached hydrogens (tertiary/aromatic N) is 1. The van der Waals surface area contributed by atoms with Crippen LogP contribution in [0.3, 0.4) is 0 Å². The van der Waals surface area contributed by atoms with Gasteiger partial charge >= 0.3 is 0 Å². The zero-order valence-electron chi connectivity index (χ0n) is 11.9. The van der Waals surface area contributed by atoms with Crippen molar-refractivity contribution in [2.75, 3.05) is 24.5 Å². The van der Waals surface area contributed by atoms with Crippen molar-refractivity contribution in [3.8, 4) is 0 Å². The van der Waals surface area contributed by atoms with E-state index in [4.69, 9.17) is 0 Å². The summed E-state index contributed by atoms with van der Waals surface area (Å²) in [7, 11) is 0. The Labute approximate surface area is 133 Å². The molecule has 110 valence electrons. The fourth-order valence-corrected chi connectivity index (χ4v) is 3.19. The number of aryl methyl sites for hydroxylation is 1. The van der Waals surface area contributed by atoms with E-state index >= 15 is 0 Å². The first-order valence-electron chi connectivity index (χ1n) is 7.14. The number of hydrogen-bond acceptors (Lipinski definition) is 2. The van der Waals surface area contributed by atoms with Crippen LogP contribution in [0.2, 0.25) is 0 Å². The van der Waals surface area contributed by atoms with E-state index < -0.39 is 0 Å². The molecule has 2 nitrogen and oxygen atoms in total. The molecule has 0 aromatic heterocycles. The predicted molar refractivity (Wildman–Crippen MR) is 88.2 cm³/mol. The summed E-state index contributed by atoms with van der Waals surface area (Å²) in [6.07, 6.45) is 0. The average Bonchev–Trinajstić information content (AvgIpc) is 2.52. The van der Waals surface area contributed by atoms with Gasteiger partial charge in [0.05, 0.1) is 4.47 Å². The average molecular weight is 349 g/mol. The third-order valence-corrected chi connectivity index (χ3v) is 4.56. The van der Waals surface area contributed by atoms with Gasteiger partial charge in [0.15, 0.2) is 0 Å². The van der Waals surface area contributed by atoms with Gasteiger partial charge in [-0.2, -0.15) is 0 Å². The lowest BCUT2D eigenvalue weighted by Gasteiger charge is -2.36. The van der Waals surface area contributed by atoms with Crippen LogP contribution in [0.25, 0.3) is 0 Å². The molecular formula is C17H18BrFN2. The molecule has 0 amide bonds. The Hall–Kier alpha value is -1.39. The number of halogens is 2. The second-order valence-corrected chi connectivity index (χ2v) is 6.27. The standard InChI is InChI=1S/C17H18BrFN2/c1-12-9-15(19)14(18)10-17(12)21-8-7-20-16(11-21)13-5-3-2-4-6-13/h2-6,9-10,16,20H,7-8,11H2,1H3. The van der Waals surface area contributed by atoms with Gasteiger partial charge in [0.2, 0.25) is 0 Å². The molecule has 1 heterocycles. The molecule has 1 unspecified atom stereocenters. The van der Waals surface area contributed by atoms with Crippen LogP contribution >= 0.6 is 15.9 Å². The van der Waals surface area contributed by atoms with Gasteiger partial charge in [0.1, 0.15) is 5.82 Å². The Morgan fingerprint density at radius 3 is 2.76 bits per heavy atom. The fourth-order valence-electron chi connectivity index (χ4n) is 2.85. The largest absolute Gasteiger partial charge is 0.368 e. The Morgan fingerprint density at radius 1 is 1.24 bits per heavy atom. The Morgan fingerprint density at radius 2 is 2.00 bits per heavy atom. The second kappa shape index (κ2) is 6.16. The summed E-state index contributed by atoms with van der Waals surface area (Å²) in [5.74, 6) is -0.203. The van der Waals surface area contributed by atoms with Gasteiger partial charge in [-0.25, -0.2) is 4.39 Å². The number of anilines is 1. The van der Waals surface area contributed by atoms with Crippen LogP contribution < -0.4 is 10.2 Å². The number of benzene rings is 2. The number of hydrogen-bond donors (Lipinski definition) is 1. The highest BCUT2D eigenvalue weighted by molar-refractivity contribution is 9.10. The van der Waals surface area contributed by atoms with Crippen molar-refractivity contribution in [3.05, 3.63) is 63.9 Å². The molecule has 21 heavy (non-hydrogen) atoms. The lowest BCUT2D eigenvalue weighted by Crippen LogP contribution is -2.46. The molecule has 1 aliphatic heterocycles. The summed E-state index contributed by atoms with van der Waals surface area (Å²) in [6, 6.07) is 14.2. The van der Waals surface area contributed by atoms with Crippen LogP contribution in [0.1, 0.15) is 17.2 Å². The van der Waals surface area contributed by atoms with Crippen LogP contribution in [0, 0.1) is 12.7 Å². The minimum atomic E-state index is -0.203.